The lowest BCUT2D eigenvalue weighted by molar-refractivity contribution is 0.415. The average Bonchev–Trinajstić information content (AvgIpc) is 2.54. The van der Waals surface area contributed by atoms with Gasteiger partial charge in [-0.25, -0.2) is 0 Å². The predicted molar refractivity (Wildman–Crippen MR) is 87.5 cm³/mol. The van der Waals surface area contributed by atoms with Crippen molar-refractivity contribution in [1.82, 2.24) is 0 Å². The molecule has 0 unspecified atom stereocenters. The number of rotatable bonds is 4. The Morgan fingerprint density at radius 1 is 1.10 bits per heavy atom. The highest BCUT2D eigenvalue weighted by Gasteiger charge is 2.07. The second-order valence-corrected chi connectivity index (χ2v) is 4.73. The normalized spacial score (nSPS) is 9.67. The lowest BCUT2D eigenvalue weighted by atomic mass is 10.1. The van der Waals surface area contributed by atoms with Crippen molar-refractivity contribution in [3.05, 3.63) is 59.7 Å². The van der Waals surface area contributed by atoms with Crippen molar-refractivity contribution < 1.29 is 4.74 Å². The highest BCUT2D eigenvalue weighted by atomic mass is 16.5. The molecule has 0 spiro atoms. The first-order valence-corrected chi connectivity index (χ1v) is 6.86. The third-order valence-electron chi connectivity index (χ3n) is 3.20. The lowest BCUT2D eigenvalue weighted by Crippen LogP contribution is -2.17. The Balaban J connectivity index is 2.10. The molecular formula is C18H20N2O. The molecule has 21 heavy (non-hydrogen) atoms. The molecule has 0 bridgehead atoms. The summed E-state index contributed by atoms with van der Waals surface area (Å²) in [5.41, 5.74) is 8.66. The minimum atomic E-state index is 0.387. The van der Waals surface area contributed by atoms with Crippen LogP contribution in [0.25, 0.3) is 0 Å². The minimum Gasteiger partial charge on any atom is -0.495 e. The van der Waals surface area contributed by atoms with Crippen LogP contribution in [0.1, 0.15) is 11.1 Å². The quantitative estimate of drug-likeness (QED) is 0.875. The fraction of sp³-hybridized carbons (Fsp3) is 0.222. The number of para-hydroxylation sites is 2. The van der Waals surface area contributed by atoms with Crippen LogP contribution in [0, 0.1) is 11.8 Å². The van der Waals surface area contributed by atoms with Crippen LogP contribution in [0.15, 0.2) is 48.5 Å². The van der Waals surface area contributed by atoms with Gasteiger partial charge in [-0.05, 0) is 29.8 Å². The summed E-state index contributed by atoms with van der Waals surface area (Å²) in [6.45, 7) is 1.20. The SMILES string of the molecule is COc1ccccc1N(C)Cc1ccc(C#CCN)cc1. The highest BCUT2D eigenvalue weighted by Crippen LogP contribution is 2.27. The van der Waals surface area contributed by atoms with Crippen LogP contribution in [-0.2, 0) is 6.54 Å². The molecule has 0 atom stereocenters. The monoisotopic (exact) mass is 280 g/mol. The molecule has 0 aliphatic rings. The zero-order chi connectivity index (χ0) is 15.1. The van der Waals surface area contributed by atoms with Crippen LogP contribution < -0.4 is 15.4 Å². The molecule has 0 aliphatic heterocycles. The van der Waals surface area contributed by atoms with Crippen molar-refractivity contribution in [1.29, 1.82) is 0 Å². The predicted octanol–water partition coefficient (Wildman–Crippen LogP) is 2.64. The summed E-state index contributed by atoms with van der Waals surface area (Å²) in [6.07, 6.45) is 0. The molecule has 0 aromatic heterocycles. The molecule has 2 aromatic rings. The van der Waals surface area contributed by atoms with E-state index < -0.39 is 0 Å². The van der Waals surface area contributed by atoms with Gasteiger partial charge < -0.3 is 15.4 Å². The average molecular weight is 280 g/mol. The maximum absolute atomic E-state index is 5.40. The van der Waals surface area contributed by atoms with E-state index in [4.69, 9.17) is 10.5 Å². The molecular weight excluding hydrogens is 260 g/mol. The first kappa shape index (κ1) is 15.0. The van der Waals surface area contributed by atoms with E-state index in [1.165, 1.54) is 5.56 Å². The Morgan fingerprint density at radius 3 is 2.48 bits per heavy atom. The zero-order valence-corrected chi connectivity index (χ0v) is 12.5. The number of nitrogens with zero attached hydrogens (tertiary/aromatic N) is 1. The number of anilines is 1. The van der Waals surface area contributed by atoms with Crippen LogP contribution in [0.4, 0.5) is 5.69 Å². The summed E-state index contributed by atoms with van der Waals surface area (Å²) in [5, 5.41) is 0. The highest BCUT2D eigenvalue weighted by molar-refractivity contribution is 5.58. The second kappa shape index (κ2) is 7.37. The van der Waals surface area contributed by atoms with Crippen LogP contribution in [-0.4, -0.2) is 20.7 Å². The van der Waals surface area contributed by atoms with Crippen LogP contribution in [0.5, 0.6) is 5.75 Å². The van der Waals surface area contributed by atoms with Gasteiger partial charge in [0.1, 0.15) is 5.75 Å². The molecule has 2 N–H and O–H groups in total. The summed E-state index contributed by atoms with van der Waals surface area (Å²) in [5.74, 6) is 6.76. The van der Waals surface area contributed by atoms with Crippen molar-refractivity contribution >= 4 is 5.69 Å². The largest absolute Gasteiger partial charge is 0.495 e. The Bertz CT molecular complexity index is 638. The van der Waals surface area contributed by atoms with Gasteiger partial charge in [-0.15, -0.1) is 0 Å². The van der Waals surface area contributed by atoms with Gasteiger partial charge in [-0.1, -0.05) is 36.1 Å². The summed E-state index contributed by atoms with van der Waals surface area (Å²) >= 11 is 0. The molecule has 0 saturated heterocycles. The number of methoxy groups -OCH3 is 1. The van der Waals surface area contributed by atoms with Gasteiger partial charge in [-0.2, -0.15) is 0 Å². The van der Waals surface area contributed by atoms with E-state index in [0.717, 1.165) is 23.5 Å². The summed E-state index contributed by atoms with van der Waals surface area (Å²) in [4.78, 5) is 2.17. The summed E-state index contributed by atoms with van der Waals surface area (Å²) in [7, 11) is 3.75. The van der Waals surface area contributed by atoms with Crippen molar-refractivity contribution in [3.63, 3.8) is 0 Å². The summed E-state index contributed by atoms with van der Waals surface area (Å²) in [6, 6.07) is 16.2. The van der Waals surface area contributed by atoms with E-state index in [1.807, 2.05) is 30.3 Å². The Labute approximate surface area is 126 Å². The van der Waals surface area contributed by atoms with Crippen molar-refractivity contribution in [3.8, 4) is 17.6 Å². The van der Waals surface area contributed by atoms with Gasteiger partial charge in [0.25, 0.3) is 0 Å². The second-order valence-electron chi connectivity index (χ2n) is 4.73. The van der Waals surface area contributed by atoms with E-state index >= 15 is 0 Å². The summed E-state index contributed by atoms with van der Waals surface area (Å²) < 4.78 is 5.40. The number of hydrogen-bond acceptors (Lipinski definition) is 3. The van der Waals surface area contributed by atoms with Gasteiger partial charge in [-0.3, -0.25) is 0 Å². The molecule has 108 valence electrons. The molecule has 3 nitrogen and oxygen atoms in total. The third kappa shape index (κ3) is 4.01. The maximum Gasteiger partial charge on any atom is 0.142 e. The Kier molecular flexibility index (Phi) is 5.25. The van der Waals surface area contributed by atoms with Gasteiger partial charge >= 0.3 is 0 Å². The minimum absolute atomic E-state index is 0.387. The van der Waals surface area contributed by atoms with Gasteiger partial charge in [0.2, 0.25) is 0 Å². The van der Waals surface area contributed by atoms with Gasteiger partial charge in [0.05, 0.1) is 19.3 Å². The first-order valence-electron chi connectivity index (χ1n) is 6.86. The van der Waals surface area contributed by atoms with Crippen molar-refractivity contribution in [2.45, 2.75) is 6.54 Å². The van der Waals surface area contributed by atoms with E-state index in [9.17, 15) is 0 Å². The van der Waals surface area contributed by atoms with Crippen LogP contribution in [0.3, 0.4) is 0 Å². The fourth-order valence-corrected chi connectivity index (χ4v) is 2.15. The Morgan fingerprint density at radius 2 is 1.81 bits per heavy atom. The first-order chi connectivity index (χ1) is 10.2. The number of ether oxygens (including phenoxy) is 1. The molecule has 3 heteroatoms. The van der Waals surface area contributed by atoms with Gasteiger partial charge in [0, 0.05) is 19.2 Å². The number of nitrogens with two attached hydrogens (primary N) is 1. The van der Waals surface area contributed by atoms with Crippen LogP contribution >= 0.6 is 0 Å². The maximum atomic E-state index is 5.40. The number of benzene rings is 2. The molecule has 0 saturated carbocycles. The van der Waals surface area contributed by atoms with E-state index in [1.54, 1.807) is 7.11 Å². The Hall–Kier alpha value is -2.44. The molecule has 2 aromatic carbocycles. The van der Waals surface area contributed by atoms with Crippen LogP contribution in [0.2, 0.25) is 0 Å². The van der Waals surface area contributed by atoms with E-state index in [-0.39, 0.29) is 0 Å². The molecule has 0 fully saturated rings. The van der Waals surface area contributed by atoms with E-state index in [2.05, 4.69) is 42.0 Å². The molecule has 0 aliphatic carbocycles. The fourth-order valence-electron chi connectivity index (χ4n) is 2.15. The smallest absolute Gasteiger partial charge is 0.142 e. The molecule has 0 heterocycles. The topological polar surface area (TPSA) is 38.5 Å². The van der Waals surface area contributed by atoms with Gasteiger partial charge in [0.15, 0.2) is 0 Å². The third-order valence-corrected chi connectivity index (χ3v) is 3.20. The van der Waals surface area contributed by atoms with E-state index in [0.29, 0.717) is 6.54 Å². The molecule has 0 radical (unpaired) electrons. The van der Waals surface area contributed by atoms with Crippen molar-refractivity contribution in [2.75, 3.05) is 25.6 Å². The zero-order valence-electron chi connectivity index (χ0n) is 12.5. The lowest BCUT2D eigenvalue weighted by Gasteiger charge is -2.21. The number of hydrogen-bond donors (Lipinski definition) is 1. The standard InChI is InChI=1S/C18H20N2O/c1-20(17-7-3-4-8-18(17)21-2)14-16-11-9-15(10-12-16)6-5-13-19/h3-4,7-12H,13-14,19H2,1-2H3. The molecule has 2 rings (SSSR count). The van der Waals surface area contributed by atoms with Crippen molar-refractivity contribution in [2.24, 2.45) is 5.73 Å². The molecule has 0 amide bonds.